The van der Waals surface area contributed by atoms with E-state index in [1.807, 2.05) is 6.07 Å². The molecule has 1 saturated carbocycles. The first-order valence-corrected chi connectivity index (χ1v) is 7.80. The standard InChI is InChI=1S/C17H27NO2/c1-4-14-9-10-16(17(11-14)19-3)20-13(2)12-18-15-7-5-6-8-15/h9-11,13,15,18H,4-8,12H2,1-3H3. The molecule has 3 heteroatoms. The van der Waals surface area contributed by atoms with E-state index in [0.29, 0.717) is 6.04 Å². The molecule has 0 heterocycles. The van der Waals surface area contributed by atoms with Gasteiger partial charge in [-0.1, -0.05) is 25.8 Å². The second kappa shape index (κ2) is 7.53. The van der Waals surface area contributed by atoms with Gasteiger partial charge in [-0.3, -0.25) is 0 Å². The molecule has 2 rings (SSSR count). The fourth-order valence-electron chi connectivity index (χ4n) is 2.75. The van der Waals surface area contributed by atoms with E-state index in [1.54, 1.807) is 7.11 Å². The molecule has 0 aliphatic heterocycles. The van der Waals surface area contributed by atoms with Crippen LogP contribution < -0.4 is 14.8 Å². The van der Waals surface area contributed by atoms with Crippen LogP contribution in [0.4, 0.5) is 0 Å². The van der Waals surface area contributed by atoms with Crippen LogP contribution in [0.5, 0.6) is 11.5 Å². The van der Waals surface area contributed by atoms with Crippen molar-refractivity contribution in [1.82, 2.24) is 5.32 Å². The average molecular weight is 277 g/mol. The van der Waals surface area contributed by atoms with Crippen molar-refractivity contribution < 1.29 is 9.47 Å². The molecule has 0 amide bonds. The van der Waals surface area contributed by atoms with Gasteiger partial charge in [0, 0.05) is 12.6 Å². The minimum atomic E-state index is 0.150. The van der Waals surface area contributed by atoms with E-state index in [9.17, 15) is 0 Å². The van der Waals surface area contributed by atoms with Gasteiger partial charge >= 0.3 is 0 Å². The molecule has 1 aromatic carbocycles. The summed E-state index contributed by atoms with van der Waals surface area (Å²) in [6.07, 6.45) is 6.49. The zero-order valence-corrected chi connectivity index (χ0v) is 12.9. The van der Waals surface area contributed by atoms with Crippen molar-refractivity contribution in [2.45, 2.75) is 58.1 Å². The lowest BCUT2D eigenvalue weighted by Gasteiger charge is -2.20. The van der Waals surface area contributed by atoms with Crippen molar-refractivity contribution in [1.29, 1.82) is 0 Å². The molecular formula is C17H27NO2. The van der Waals surface area contributed by atoms with Crippen LogP contribution in [0.1, 0.15) is 45.1 Å². The molecule has 112 valence electrons. The molecule has 0 saturated heterocycles. The Hall–Kier alpha value is -1.22. The van der Waals surface area contributed by atoms with Gasteiger partial charge in [-0.05, 0) is 43.9 Å². The predicted molar refractivity (Wildman–Crippen MR) is 82.7 cm³/mol. The third kappa shape index (κ3) is 4.14. The van der Waals surface area contributed by atoms with Gasteiger partial charge in [0.05, 0.1) is 7.11 Å². The Kier molecular flexibility index (Phi) is 5.72. The molecule has 1 N–H and O–H groups in total. The largest absolute Gasteiger partial charge is 0.493 e. The maximum Gasteiger partial charge on any atom is 0.161 e. The van der Waals surface area contributed by atoms with Crippen molar-refractivity contribution in [2.75, 3.05) is 13.7 Å². The summed E-state index contributed by atoms with van der Waals surface area (Å²) in [4.78, 5) is 0. The highest BCUT2D eigenvalue weighted by molar-refractivity contribution is 5.43. The second-order valence-electron chi connectivity index (χ2n) is 5.66. The maximum absolute atomic E-state index is 6.01. The van der Waals surface area contributed by atoms with Crippen LogP contribution in [0.15, 0.2) is 18.2 Å². The van der Waals surface area contributed by atoms with Gasteiger partial charge in [0.25, 0.3) is 0 Å². The Bertz CT molecular complexity index is 413. The lowest BCUT2D eigenvalue weighted by Crippen LogP contribution is -2.35. The number of benzene rings is 1. The van der Waals surface area contributed by atoms with Crippen LogP contribution >= 0.6 is 0 Å². The first kappa shape index (κ1) is 15.2. The second-order valence-corrected chi connectivity index (χ2v) is 5.66. The number of methoxy groups -OCH3 is 1. The zero-order valence-electron chi connectivity index (χ0n) is 12.9. The topological polar surface area (TPSA) is 30.5 Å². The lowest BCUT2D eigenvalue weighted by atomic mass is 10.1. The van der Waals surface area contributed by atoms with Crippen molar-refractivity contribution in [3.63, 3.8) is 0 Å². The first-order valence-electron chi connectivity index (χ1n) is 7.80. The molecule has 20 heavy (non-hydrogen) atoms. The van der Waals surface area contributed by atoms with Crippen molar-refractivity contribution in [2.24, 2.45) is 0 Å². The fourth-order valence-corrected chi connectivity index (χ4v) is 2.75. The molecule has 1 aliphatic rings. The van der Waals surface area contributed by atoms with Crippen molar-refractivity contribution in [3.8, 4) is 11.5 Å². The highest BCUT2D eigenvalue weighted by Gasteiger charge is 2.16. The number of nitrogens with one attached hydrogen (secondary N) is 1. The Balaban J connectivity index is 1.87. The fraction of sp³-hybridized carbons (Fsp3) is 0.647. The number of hydrogen-bond donors (Lipinski definition) is 1. The Morgan fingerprint density at radius 1 is 1.25 bits per heavy atom. The van der Waals surface area contributed by atoms with Gasteiger partial charge in [0.1, 0.15) is 6.10 Å². The highest BCUT2D eigenvalue weighted by Crippen LogP contribution is 2.29. The third-order valence-corrected chi connectivity index (χ3v) is 4.01. The lowest BCUT2D eigenvalue weighted by molar-refractivity contribution is 0.202. The number of ether oxygens (including phenoxy) is 2. The Morgan fingerprint density at radius 2 is 2.00 bits per heavy atom. The summed E-state index contributed by atoms with van der Waals surface area (Å²) < 4.78 is 11.4. The zero-order chi connectivity index (χ0) is 14.4. The van der Waals surface area contributed by atoms with Gasteiger partial charge in [-0.2, -0.15) is 0 Å². The minimum Gasteiger partial charge on any atom is -0.493 e. The van der Waals surface area contributed by atoms with E-state index >= 15 is 0 Å². The molecule has 1 aromatic rings. The van der Waals surface area contributed by atoms with Gasteiger partial charge in [0.2, 0.25) is 0 Å². The summed E-state index contributed by atoms with van der Waals surface area (Å²) in [6, 6.07) is 6.87. The summed E-state index contributed by atoms with van der Waals surface area (Å²) in [5.41, 5.74) is 1.27. The number of hydrogen-bond acceptors (Lipinski definition) is 3. The monoisotopic (exact) mass is 277 g/mol. The SMILES string of the molecule is CCc1ccc(OC(C)CNC2CCCC2)c(OC)c1. The van der Waals surface area contributed by atoms with Crippen molar-refractivity contribution in [3.05, 3.63) is 23.8 Å². The molecule has 1 fully saturated rings. The van der Waals surface area contributed by atoms with Gasteiger partial charge in [0.15, 0.2) is 11.5 Å². The molecule has 0 spiro atoms. The van der Waals surface area contributed by atoms with Crippen LogP contribution in [0.25, 0.3) is 0 Å². The van der Waals surface area contributed by atoms with E-state index in [4.69, 9.17) is 9.47 Å². The summed E-state index contributed by atoms with van der Waals surface area (Å²) in [7, 11) is 1.70. The average Bonchev–Trinajstić information content (AvgIpc) is 2.99. The molecular weight excluding hydrogens is 250 g/mol. The Morgan fingerprint density at radius 3 is 2.65 bits per heavy atom. The highest BCUT2D eigenvalue weighted by atomic mass is 16.5. The van der Waals surface area contributed by atoms with E-state index in [-0.39, 0.29) is 6.10 Å². The van der Waals surface area contributed by atoms with Crippen molar-refractivity contribution >= 4 is 0 Å². The van der Waals surface area contributed by atoms with Gasteiger partial charge in [-0.25, -0.2) is 0 Å². The quantitative estimate of drug-likeness (QED) is 0.826. The van der Waals surface area contributed by atoms with Crippen LogP contribution in [-0.4, -0.2) is 25.8 Å². The van der Waals surface area contributed by atoms with E-state index in [2.05, 4.69) is 31.3 Å². The number of rotatable bonds is 7. The van der Waals surface area contributed by atoms with Crippen LogP contribution in [-0.2, 0) is 6.42 Å². The summed E-state index contributed by atoms with van der Waals surface area (Å²) in [5, 5.41) is 3.60. The smallest absolute Gasteiger partial charge is 0.161 e. The van der Waals surface area contributed by atoms with Crippen LogP contribution in [0.3, 0.4) is 0 Å². The normalized spacial score (nSPS) is 17.1. The van der Waals surface area contributed by atoms with E-state index in [1.165, 1.54) is 31.2 Å². The van der Waals surface area contributed by atoms with Gasteiger partial charge < -0.3 is 14.8 Å². The molecule has 0 radical (unpaired) electrons. The molecule has 1 atom stereocenters. The number of aryl methyl sites for hydroxylation is 1. The van der Waals surface area contributed by atoms with Crippen LogP contribution in [0, 0.1) is 0 Å². The van der Waals surface area contributed by atoms with E-state index < -0.39 is 0 Å². The summed E-state index contributed by atoms with van der Waals surface area (Å²) in [6.45, 7) is 5.14. The first-order chi connectivity index (χ1) is 9.72. The maximum atomic E-state index is 6.01. The summed E-state index contributed by atoms with van der Waals surface area (Å²) >= 11 is 0. The molecule has 3 nitrogen and oxygen atoms in total. The molecule has 1 unspecified atom stereocenters. The minimum absolute atomic E-state index is 0.150. The molecule has 0 aromatic heterocycles. The molecule has 1 aliphatic carbocycles. The van der Waals surface area contributed by atoms with E-state index in [0.717, 1.165) is 24.5 Å². The third-order valence-electron chi connectivity index (χ3n) is 4.01. The predicted octanol–water partition coefficient (Wildman–Crippen LogP) is 3.56. The summed E-state index contributed by atoms with van der Waals surface area (Å²) in [5.74, 6) is 1.67. The molecule has 0 bridgehead atoms. The Labute approximate surface area is 122 Å². The van der Waals surface area contributed by atoms with Crippen LogP contribution in [0.2, 0.25) is 0 Å². The van der Waals surface area contributed by atoms with Gasteiger partial charge in [-0.15, -0.1) is 0 Å².